The first-order valence-electron chi connectivity index (χ1n) is 9.41. The molecular weight excluding hydrogens is 400 g/mol. The summed E-state index contributed by atoms with van der Waals surface area (Å²) in [5, 5.41) is 5.25. The normalized spacial score (nSPS) is 11.3. The zero-order valence-electron chi connectivity index (χ0n) is 16.9. The molecule has 1 heterocycles. The van der Waals surface area contributed by atoms with Gasteiger partial charge in [0, 0.05) is 16.9 Å². The van der Waals surface area contributed by atoms with Gasteiger partial charge in [0.05, 0.1) is 11.8 Å². The first kappa shape index (κ1) is 21.5. The highest BCUT2D eigenvalue weighted by molar-refractivity contribution is 6.03. The molecule has 0 saturated carbocycles. The molecular formula is C23H20N2O6. The van der Waals surface area contributed by atoms with E-state index in [1.807, 2.05) is 0 Å². The van der Waals surface area contributed by atoms with Crippen LogP contribution in [0.5, 0.6) is 0 Å². The summed E-state index contributed by atoms with van der Waals surface area (Å²) in [6.07, 6.45) is 0.331. The third-order valence-electron chi connectivity index (χ3n) is 4.31. The molecule has 3 aromatic rings. The van der Waals surface area contributed by atoms with E-state index < -0.39 is 23.9 Å². The summed E-state index contributed by atoms with van der Waals surface area (Å²) in [4.78, 5) is 48.1. The van der Waals surface area contributed by atoms with Crippen molar-refractivity contribution in [2.75, 3.05) is 10.6 Å². The summed E-state index contributed by atoms with van der Waals surface area (Å²) in [6.45, 7) is 2.87. The Morgan fingerprint density at radius 3 is 2.26 bits per heavy atom. The van der Waals surface area contributed by atoms with E-state index in [-0.39, 0.29) is 17.1 Å². The molecule has 8 heteroatoms. The maximum absolute atomic E-state index is 12.3. The van der Waals surface area contributed by atoms with Crippen molar-refractivity contribution in [1.82, 2.24) is 0 Å². The van der Waals surface area contributed by atoms with Gasteiger partial charge in [0.1, 0.15) is 0 Å². The largest absolute Gasteiger partial charge is 0.459 e. The van der Waals surface area contributed by atoms with Crippen molar-refractivity contribution in [1.29, 1.82) is 0 Å². The molecule has 2 amide bonds. The molecule has 0 bridgehead atoms. The van der Waals surface area contributed by atoms with E-state index in [1.165, 1.54) is 50.4 Å². The molecule has 1 unspecified atom stereocenters. The quantitative estimate of drug-likeness (QED) is 0.442. The van der Waals surface area contributed by atoms with Gasteiger partial charge in [-0.3, -0.25) is 14.4 Å². The van der Waals surface area contributed by atoms with Crippen LogP contribution in [0.4, 0.5) is 11.4 Å². The molecule has 2 aromatic carbocycles. The zero-order valence-corrected chi connectivity index (χ0v) is 16.9. The van der Waals surface area contributed by atoms with Gasteiger partial charge in [-0.15, -0.1) is 0 Å². The summed E-state index contributed by atoms with van der Waals surface area (Å²) < 4.78 is 10.2. The maximum Gasteiger partial charge on any atom is 0.338 e. The van der Waals surface area contributed by atoms with Crippen LogP contribution < -0.4 is 10.6 Å². The van der Waals surface area contributed by atoms with E-state index in [1.54, 1.807) is 30.3 Å². The molecule has 0 aliphatic heterocycles. The van der Waals surface area contributed by atoms with E-state index in [9.17, 15) is 19.2 Å². The Balaban J connectivity index is 1.56. The lowest BCUT2D eigenvalue weighted by Crippen LogP contribution is -2.30. The molecule has 1 aromatic heterocycles. The van der Waals surface area contributed by atoms with Gasteiger partial charge in [0.2, 0.25) is 0 Å². The fourth-order valence-corrected chi connectivity index (χ4v) is 2.63. The van der Waals surface area contributed by atoms with Gasteiger partial charge in [-0.2, -0.15) is 0 Å². The van der Waals surface area contributed by atoms with Crippen molar-refractivity contribution in [2.45, 2.75) is 20.0 Å². The topological polar surface area (TPSA) is 115 Å². The number of hydrogen-bond acceptors (Lipinski definition) is 6. The average molecular weight is 420 g/mol. The lowest BCUT2D eigenvalue weighted by molar-refractivity contribution is -0.123. The smallest absolute Gasteiger partial charge is 0.338 e. The van der Waals surface area contributed by atoms with E-state index in [2.05, 4.69) is 10.6 Å². The number of esters is 1. The number of furan rings is 1. The average Bonchev–Trinajstić information content (AvgIpc) is 3.29. The zero-order chi connectivity index (χ0) is 22.4. The van der Waals surface area contributed by atoms with Gasteiger partial charge in [0.15, 0.2) is 17.6 Å². The van der Waals surface area contributed by atoms with Crippen LogP contribution in [-0.4, -0.2) is 29.7 Å². The second kappa shape index (κ2) is 9.53. The Morgan fingerprint density at radius 1 is 0.871 bits per heavy atom. The molecule has 0 spiro atoms. The second-order valence-corrected chi connectivity index (χ2v) is 6.68. The number of Topliss-reactive ketones (excluding diaryl/α,β-unsaturated/α-hetero) is 1. The van der Waals surface area contributed by atoms with Crippen molar-refractivity contribution in [3.63, 3.8) is 0 Å². The van der Waals surface area contributed by atoms with Gasteiger partial charge in [-0.1, -0.05) is 12.1 Å². The number of ether oxygens (including phenoxy) is 1. The van der Waals surface area contributed by atoms with Crippen molar-refractivity contribution < 1.29 is 28.3 Å². The Morgan fingerprint density at radius 2 is 1.61 bits per heavy atom. The van der Waals surface area contributed by atoms with Gasteiger partial charge < -0.3 is 19.8 Å². The first-order chi connectivity index (χ1) is 14.8. The fourth-order valence-electron chi connectivity index (χ4n) is 2.63. The third kappa shape index (κ3) is 5.66. The van der Waals surface area contributed by atoms with Crippen molar-refractivity contribution in [3.05, 3.63) is 83.8 Å². The number of amides is 2. The monoisotopic (exact) mass is 420 g/mol. The highest BCUT2D eigenvalue weighted by Crippen LogP contribution is 2.15. The number of anilines is 2. The highest BCUT2D eigenvalue weighted by Gasteiger charge is 2.19. The van der Waals surface area contributed by atoms with E-state index >= 15 is 0 Å². The van der Waals surface area contributed by atoms with Crippen LogP contribution in [0.3, 0.4) is 0 Å². The molecule has 158 valence electrons. The molecule has 8 nitrogen and oxygen atoms in total. The Hall–Kier alpha value is -4.20. The number of nitrogens with one attached hydrogen (secondary N) is 2. The number of carbonyl (C=O) groups excluding carboxylic acids is 4. The molecule has 0 fully saturated rings. The summed E-state index contributed by atoms with van der Waals surface area (Å²) in [7, 11) is 0. The van der Waals surface area contributed by atoms with Crippen molar-refractivity contribution in [3.8, 4) is 0 Å². The predicted octanol–water partition coefficient (Wildman–Crippen LogP) is 3.92. The molecule has 0 aliphatic rings. The highest BCUT2D eigenvalue weighted by atomic mass is 16.5. The van der Waals surface area contributed by atoms with Crippen molar-refractivity contribution in [2.24, 2.45) is 0 Å². The number of ketones is 1. The predicted molar refractivity (Wildman–Crippen MR) is 113 cm³/mol. The second-order valence-electron chi connectivity index (χ2n) is 6.68. The van der Waals surface area contributed by atoms with Crippen LogP contribution in [0.2, 0.25) is 0 Å². The Kier molecular flexibility index (Phi) is 6.61. The number of benzene rings is 2. The summed E-state index contributed by atoms with van der Waals surface area (Å²) in [6, 6.07) is 15.6. The van der Waals surface area contributed by atoms with Gasteiger partial charge in [-0.05, 0) is 62.4 Å². The summed E-state index contributed by atoms with van der Waals surface area (Å²) in [5.74, 6) is -1.60. The number of hydrogen-bond donors (Lipinski definition) is 2. The minimum atomic E-state index is -1.06. The van der Waals surface area contributed by atoms with Gasteiger partial charge in [-0.25, -0.2) is 4.79 Å². The molecule has 2 N–H and O–H groups in total. The molecule has 1 atom stereocenters. The third-order valence-corrected chi connectivity index (χ3v) is 4.31. The van der Waals surface area contributed by atoms with Gasteiger partial charge in [0.25, 0.3) is 11.8 Å². The minimum Gasteiger partial charge on any atom is -0.459 e. The molecule has 0 radical (unpaired) electrons. The summed E-state index contributed by atoms with van der Waals surface area (Å²) in [5.41, 5.74) is 1.57. The number of rotatable bonds is 7. The fraction of sp³-hybridized carbons (Fsp3) is 0.130. The van der Waals surface area contributed by atoms with Crippen LogP contribution >= 0.6 is 0 Å². The van der Waals surface area contributed by atoms with Crippen molar-refractivity contribution >= 4 is 34.9 Å². The Labute approximate surface area is 178 Å². The Bertz CT molecular complexity index is 1100. The van der Waals surface area contributed by atoms with Crippen LogP contribution in [-0.2, 0) is 9.53 Å². The number of carbonyl (C=O) groups is 4. The van der Waals surface area contributed by atoms with E-state index in [0.29, 0.717) is 16.9 Å². The lowest BCUT2D eigenvalue weighted by Gasteiger charge is -2.14. The van der Waals surface area contributed by atoms with Crippen LogP contribution in [0.25, 0.3) is 0 Å². The molecule has 3 rings (SSSR count). The SMILES string of the molecule is CC(=O)c1cccc(NC(=O)C(C)OC(=O)c2ccc(NC(=O)c3ccco3)cc2)c1. The van der Waals surface area contributed by atoms with Gasteiger partial charge >= 0.3 is 5.97 Å². The van der Waals surface area contributed by atoms with Crippen LogP contribution in [0.1, 0.15) is 45.1 Å². The minimum absolute atomic E-state index is 0.126. The lowest BCUT2D eigenvalue weighted by atomic mass is 10.1. The molecule has 31 heavy (non-hydrogen) atoms. The van der Waals surface area contributed by atoms with E-state index in [4.69, 9.17) is 9.15 Å². The van der Waals surface area contributed by atoms with Crippen LogP contribution in [0, 0.1) is 0 Å². The van der Waals surface area contributed by atoms with Crippen LogP contribution in [0.15, 0.2) is 71.3 Å². The molecule has 0 saturated heterocycles. The molecule has 0 aliphatic carbocycles. The standard InChI is InChI=1S/C23H20N2O6/c1-14(26)17-5-3-6-19(13-17)25-21(27)15(2)31-23(29)16-8-10-18(11-9-16)24-22(28)20-7-4-12-30-20/h3-13,15H,1-2H3,(H,24,28)(H,25,27). The first-order valence-corrected chi connectivity index (χ1v) is 9.41. The van der Waals surface area contributed by atoms with E-state index in [0.717, 1.165) is 0 Å². The maximum atomic E-state index is 12.3. The summed E-state index contributed by atoms with van der Waals surface area (Å²) >= 11 is 0.